The number of amides is 5. The molecule has 1 N–H and O–H groups in total. The zero-order valence-electron chi connectivity index (χ0n) is 29.5. The Bertz CT molecular complexity index is 2120. The lowest BCUT2D eigenvalue weighted by atomic mass is 10.1. The van der Waals surface area contributed by atoms with Gasteiger partial charge in [-0.15, -0.1) is 0 Å². The molecule has 0 radical (unpaired) electrons. The molecule has 0 saturated carbocycles. The van der Waals surface area contributed by atoms with Gasteiger partial charge in [0.15, 0.2) is 0 Å². The molecule has 4 aromatic carbocycles. The number of benzene rings is 4. The fraction of sp³-hybridized carbons (Fsp3) is 0.214. The number of carbonyl (C=O) groups excluding carboxylic acids is 5. The minimum atomic E-state index is -4.90. The number of rotatable bonds is 8. The monoisotopic (exact) mass is 732 g/mol. The maximum absolute atomic E-state index is 12.4. The van der Waals surface area contributed by atoms with E-state index in [-0.39, 0.29) is 43.1 Å². The fourth-order valence-corrected chi connectivity index (χ4v) is 5.71. The van der Waals surface area contributed by atoms with Gasteiger partial charge in [0, 0.05) is 57.2 Å². The Morgan fingerprint density at radius 1 is 0.630 bits per heavy atom. The van der Waals surface area contributed by atoms with Gasteiger partial charge in [-0.1, -0.05) is 72.2 Å². The lowest BCUT2D eigenvalue weighted by Crippen LogP contribution is -2.37. The quantitative estimate of drug-likeness (QED) is 0.185. The molecule has 12 heteroatoms. The van der Waals surface area contributed by atoms with Gasteiger partial charge in [-0.25, -0.2) is 0 Å². The van der Waals surface area contributed by atoms with Crippen molar-refractivity contribution in [3.8, 4) is 23.7 Å². The molecule has 0 aromatic heterocycles. The van der Waals surface area contributed by atoms with Gasteiger partial charge >= 0.3 is 12.1 Å². The summed E-state index contributed by atoms with van der Waals surface area (Å²) in [6.07, 6.45) is -4.15. The zero-order valence-corrected chi connectivity index (χ0v) is 29.5. The van der Waals surface area contributed by atoms with E-state index in [0.717, 1.165) is 24.1 Å². The van der Waals surface area contributed by atoms with Crippen molar-refractivity contribution < 1.29 is 37.1 Å². The maximum atomic E-state index is 12.4. The van der Waals surface area contributed by atoms with E-state index in [0.29, 0.717) is 51.2 Å². The molecule has 5 amide bonds. The summed E-state index contributed by atoms with van der Waals surface area (Å²) in [4.78, 5) is 63.2. The normalized spacial score (nSPS) is 12.9. The number of halogens is 3. The first kappa shape index (κ1) is 38.7. The lowest BCUT2D eigenvalue weighted by Gasteiger charge is -2.18. The lowest BCUT2D eigenvalue weighted by molar-refractivity contribution is -0.184. The van der Waals surface area contributed by atoms with Crippen LogP contribution in [0.15, 0.2) is 97.1 Å². The van der Waals surface area contributed by atoms with Gasteiger partial charge in [0.1, 0.15) is 0 Å². The SMILES string of the molecule is CN(Cc1ccc(C#CCCN2C(=O)c3ccccc3C2=O)cc1)C(=O)C(F)(F)F.CNCc1ccc(C#CCCN2C(=O)c3ccccc3C2=O)cc1. The molecule has 0 aliphatic carbocycles. The summed E-state index contributed by atoms with van der Waals surface area (Å²) < 4.78 is 37.3. The van der Waals surface area contributed by atoms with Gasteiger partial charge in [0.05, 0.1) is 22.3 Å². The molecular formula is C42H35F3N4O5. The van der Waals surface area contributed by atoms with Crippen LogP contribution in [0, 0.1) is 23.7 Å². The minimum Gasteiger partial charge on any atom is -0.334 e. The van der Waals surface area contributed by atoms with Gasteiger partial charge in [0.25, 0.3) is 23.6 Å². The number of hydrogen-bond donors (Lipinski definition) is 1. The van der Waals surface area contributed by atoms with E-state index in [1.54, 1.807) is 72.8 Å². The van der Waals surface area contributed by atoms with Crippen LogP contribution in [-0.2, 0) is 17.9 Å². The average molecular weight is 733 g/mol. The van der Waals surface area contributed by atoms with Crippen LogP contribution >= 0.6 is 0 Å². The molecular weight excluding hydrogens is 697 g/mol. The molecule has 2 aliphatic rings. The van der Waals surface area contributed by atoms with Crippen LogP contribution in [0.4, 0.5) is 13.2 Å². The predicted octanol–water partition coefficient (Wildman–Crippen LogP) is 5.69. The number of hydrogen-bond acceptors (Lipinski definition) is 6. The van der Waals surface area contributed by atoms with Gasteiger partial charge in [0.2, 0.25) is 0 Å². The van der Waals surface area contributed by atoms with Gasteiger partial charge in [-0.2, -0.15) is 13.2 Å². The molecule has 0 bridgehead atoms. The molecule has 9 nitrogen and oxygen atoms in total. The van der Waals surface area contributed by atoms with Crippen LogP contribution < -0.4 is 5.32 Å². The number of alkyl halides is 3. The summed E-state index contributed by atoms with van der Waals surface area (Å²) in [7, 11) is 3.00. The maximum Gasteiger partial charge on any atom is 0.471 e. The van der Waals surface area contributed by atoms with E-state index in [1.165, 1.54) is 10.5 Å². The van der Waals surface area contributed by atoms with Crippen molar-refractivity contribution >= 4 is 29.5 Å². The highest BCUT2D eigenvalue weighted by Crippen LogP contribution is 2.24. The Kier molecular flexibility index (Phi) is 12.4. The number of nitrogens with zero attached hydrogens (tertiary/aromatic N) is 3. The van der Waals surface area contributed by atoms with Gasteiger partial charge in [-0.3, -0.25) is 33.8 Å². The molecule has 0 atom stereocenters. The Morgan fingerprint density at radius 3 is 1.35 bits per heavy atom. The minimum absolute atomic E-state index is 0.168. The Labute approximate surface area is 310 Å². The molecule has 2 heterocycles. The second-order valence-electron chi connectivity index (χ2n) is 12.3. The van der Waals surface area contributed by atoms with Gasteiger partial charge in [-0.05, 0) is 66.7 Å². The van der Waals surface area contributed by atoms with Crippen LogP contribution in [0.25, 0.3) is 0 Å². The average Bonchev–Trinajstić information content (AvgIpc) is 3.56. The van der Waals surface area contributed by atoms with Crippen molar-refractivity contribution in [1.82, 2.24) is 20.0 Å². The topological polar surface area (TPSA) is 107 Å². The molecule has 0 fully saturated rings. The second kappa shape index (κ2) is 17.3. The highest BCUT2D eigenvalue weighted by molar-refractivity contribution is 6.22. The highest BCUT2D eigenvalue weighted by Gasteiger charge is 2.41. The van der Waals surface area contributed by atoms with Crippen molar-refractivity contribution in [3.63, 3.8) is 0 Å². The Balaban J connectivity index is 0.000000213. The van der Waals surface area contributed by atoms with E-state index in [1.807, 2.05) is 31.3 Å². The van der Waals surface area contributed by atoms with Crippen molar-refractivity contribution in [2.24, 2.45) is 0 Å². The zero-order chi connectivity index (χ0) is 38.8. The van der Waals surface area contributed by atoms with Crippen molar-refractivity contribution in [3.05, 3.63) is 142 Å². The molecule has 0 unspecified atom stereocenters. The number of nitrogens with one attached hydrogen (secondary N) is 1. The van der Waals surface area contributed by atoms with Crippen LogP contribution in [0.5, 0.6) is 0 Å². The standard InChI is InChI=1S/C22H17F3N2O3.C20H18N2O2/c1-26(21(30)22(23,24)25)14-16-11-9-15(10-12-16)6-4-5-13-27-19(28)17-7-2-3-8-18(17)20(27)29;1-21-14-16-11-9-15(10-12-16)6-4-5-13-22-19(23)17-7-2-3-8-18(17)20(22)24/h2-3,7-12H,5,13-14H2,1H3;2-3,7-12,21H,5,13-14H2,1H3. The number of imide groups is 2. The highest BCUT2D eigenvalue weighted by atomic mass is 19.4. The number of fused-ring (bicyclic) bond motifs is 2. The number of carbonyl (C=O) groups is 5. The smallest absolute Gasteiger partial charge is 0.334 e. The molecule has 4 aromatic rings. The van der Waals surface area contributed by atoms with Crippen molar-refractivity contribution in [1.29, 1.82) is 0 Å². The van der Waals surface area contributed by atoms with Crippen molar-refractivity contribution in [2.75, 3.05) is 27.2 Å². The summed E-state index contributed by atoms with van der Waals surface area (Å²) in [6.45, 7) is 1.14. The summed E-state index contributed by atoms with van der Waals surface area (Å²) in [5.41, 5.74) is 5.04. The Hall–Kier alpha value is -6.50. The third-order valence-electron chi connectivity index (χ3n) is 8.44. The van der Waals surface area contributed by atoms with Crippen LogP contribution in [0.3, 0.4) is 0 Å². The molecule has 6 rings (SSSR count). The first-order valence-corrected chi connectivity index (χ1v) is 16.9. The molecule has 54 heavy (non-hydrogen) atoms. The second-order valence-corrected chi connectivity index (χ2v) is 12.3. The van der Waals surface area contributed by atoms with Crippen LogP contribution in [0.2, 0.25) is 0 Å². The summed E-state index contributed by atoms with van der Waals surface area (Å²) >= 11 is 0. The Morgan fingerprint density at radius 2 is 1.00 bits per heavy atom. The molecule has 274 valence electrons. The van der Waals surface area contributed by atoms with Gasteiger partial charge < -0.3 is 10.2 Å². The van der Waals surface area contributed by atoms with E-state index in [4.69, 9.17) is 0 Å². The third kappa shape index (κ3) is 9.29. The fourth-order valence-electron chi connectivity index (χ4n) is 5.71. The summed E-state index contributed by atoms with van der Waals surface area (Å²) in [5, 5.41) is 3.10. The predicted molar refractivity (Wildman–Crippen MR) is 195 cm³/mol. The van der Waals surface area contributed by atoms with Crippen LogP contribution in [0.1, 0.15) is 76.5 Å². The third-order valence-corrected chi connectivity index (χ3v) is 8.44. The van der Waals surface area contributed by atoms with E-state index < -0.39 is 12.1 Å². The molecule has 0 spiro atoms. The van der Waals surface area contributed by atoms with E-state index in [9.17, 15) is 37.1 Å². The summed E-state index contributed by atoms with van der Waals surface area (Å²) in [6, 6.07) is 28.0. The van der Waals surface area contributed by atoms with Crippen molar-refractivity contribution in [2.45, 2.75) is 32.1 Å². The largest absolute Gasteiger partial charge is 0.471 e. The van der Waals surface area contributed by atoms with Crippen LogP contribution in [-0.4, -0.2) is 77.6 Å². The molecule has 0 saturated heterocycles. The first-order valence-electron chi connectivity index (χ1n) is 16.9. The first-order chi connectivity index (χ1) is 25.9. The molecule has 2 aliphatic heterocycles. The summed E-state index contributed by atoms with van der Waals surface area (Å²) in [5.74, 6) is 8.85. The van der Waals surface area contributed by atoms with E-state index in [2.05, 4.69) is 29.0 Å². The van der Waals surface area contributed by atoms with E-state index >= 15 is 0 Å².